The first kappa shape index (κ1) is 28.3. The third-order valence-corrected chi connectivity index (χ3v) is 6.04. The number of benzene rings is 1. The molecule has 0 heterocycles. The molecule has 5 heteroatoms. The number of rotatable bonds is 3. The van der Waals surface area contributed by atoms with Gasteiger partial charge in [0.05, 0.1) is 0 Å². The Balaban J connectivity index is -0.000001000. The summed E-state index contributed by atoms with van der Waals surface area (Å²) in [5.41, 5.74) is 4.27. The maximum absolute atomic E-state index is 3.73. The quantitative estimate of drug-likeness (QED) is 0.346. The zero-order valence-corrected chi connectivity index (χ0v) is 19.6. The second kappa shape index (κ2) is 10.5. The van der Waals surface area contributed by atoms with Gasteiger partial charge in [-0.3, -0.25) is 6.08 Å². The summed E-state index contributed by atoms with van der Waals surface area (Å²) < 4.78 is 0. The number of aryl methyl sites for hydroxylation is 1. The van der Waals surface area contributed by atoms with Crippen molar-refractivity contribution in [3.8, 4) is 0 Å². The predicted octanol–water partition coefficient (Wildman–Crippen LogP) is -3.78. The number of allylic oxidation sites excluding steroid dienone is 4. The molecule has 1 aliphatic rings. The summed E-state index contributed by atoms with van der Waals surface area (Å²) in [4.78, 5) is 0. The fraction of sp³-hybridized carbons (Fsp3) is 0.444. The largest absolute Gasteiger partial charge is 4.00 e. The molecule has 0 unspecified atom stereocenters. The molecule has 0 N–H and O–H groups in total. The molecule has 0 aliphatic heterocycles. The molecule has 0 nitrogen and oxygen atoms in total. The minimum absolute atomic E-state index is 0. The van der Waals surface area contributed by atoms with Crippen molar-refractivity contribution in [2.24, 2.45) is 0 Å². The Kier molecular flexibility index (Phi) is 12.9. The summed E-state index contributed by atoms with van der Waals surface area (Å²) in [7, 11) is -1.23. The summed E-state index contributed by atoms with van der Waals surface area (Å²) >= 11 is 0. The van der Waals surface area contributed by atoms with Crippen LogP contribution in [0.25, 0.3) is 0 Å². The van der Waals surface area contributed by atoms with E-state index in [1.165, 1.54) is 21.9 Å². The van der Waals surface area contributed by atoms with Gasteiger partial charge in [0.15, 0.2) is 0 Å². The Labute approximate surface area is 176 Å². The summed E-state index contributed by atoms with van der Waals surface area (Å²) in [6.07, 6.45) is 7.20. The minimum atomic E-state index is -1.23. The fourth-order valence-electron chi connectivity index (χ4n) is 2.58. The zero-order chi connectivity index (χ0) is 14.3. The van der Waals surface area contributed by atoms with Crippen molar-refractivity contribution in [1.82, 2.24) is 0 Å². The molecule has 0 bridgehead atoms. The van der Waals surface area contributed by atoms with Crippen LogP contribution in [0.4, 0.5) is 0 Å². The van der Waals surface area contributed by atoms with Gasteiger partial charge in [-0.05, 0) is 17.9 Å². The molecule has 0 spiro atoms. The van der Waals surface area contributed by atoms with E-state index in [0.717, 1.165) is 6.42 Å². The topological polar surface area (TPSA) is 0 Å². The van der Waals surface area contributed by atoms with Gasteiger partial charge in [0.2, 0.25) is 0 Å². The first-order valence-electron chi connectivity index (χ1n) is 7.12. The van der Waals surface area contributed by atoms with Gasteiger partial charge in [-0.15, -0.1) is 0 Å². The van der Waals surface area contributed by atoms with E-state index in [2.05, 4.69) is 76.8 Å². The van der Waals surface area contributed by atoms with Crippen molar-refractivity contribution in [3.63, 3.8) is 0 Å². The standard InChI is InChI=1S/C18H25Si.3ClH.Ti/c1-14-8-7-9-15(12-14)18(2,3)16-10-11-17(13-16)19(4,5)6;;;;/h7-9,11-12H,10H2,1-6H3;3*1H;/q-1;;;;+4/p-3. The van der Waals surface area contributed by atoms with Crippen LogP contribution < -0.4 is 37.2 Å². The van der Waals surface area contributed by atoms with Crippen molar-refractivity contribution in [3.05, 3.63) is 58.3 Å². The summed E-state index contributed by atoms with van der Waals surface area (Å²) in [6.45, 7) is 14.0. The molecule has 23 heavy (non-hydrogen) atoms. The van der Waals surface area contributed by atoms with Crippen molar-refractivity contribution < 1.29 is 58.9 Å². The number of hydrogen-bond acceptors (Lipinski definition) is 0. The van der Waals surface area contributed by atoms with Crippen LogP contribution in [-0.4, -0.2) is 8.07 Å². The Morgan fingerprint density at radius 1 is 1.04 bits per heavy atom. The van der Waals surface area contributed by atoms with Gasteiger partial charge in [-0.25, -0.2) is 11.3 Å². The third kappa shape index (κ3) is 6.72. The van der Waals surface area contributed by atoms with Crippen LogP contribution in [0.15, 0.2) is 41.1 Å². The van der Waals surface area contributed by atoms with Gasteiger partial charge in [-0.1, -0.05) is 69.7 Å². The van der Waals surface area contributed by atoms with Gasteiger partial charge < -0.3 is 37.2 Å². The van der Waals surface area contributed by atoms with E-state index in [-0.39, 0.29) is 64.4 Å². The third-order valence-electron chi connectivity index (χ3n) is 4.10. The molecule has 0 amide bonds. The second-order valence-corrected chi connectivity index (χ2v) is 12.2. The average molecular weight is 424 g/mol. The van der Waals surface area contributed by atoms with Crippen LogP contribution in [0.1, 0.15) is 31.4 Å². The molecule has 0 fully saturated rings. The molecule has 1 aromatic rings. The van der Waals surface area contributed by atoms with Crippen LogP contribution in [0, 0.1) is 13.0 Å². The first-order valence-corrected chi connectivity index (χ1v) is 10.6. The predicted molar refractivity (Wildman–Crippen MR) is 87.0 cm³/mol. The van der Waals surface area contributed by atoms with Crippen molar-refractivity contribution >= 4 is 8.07 Å². The molecule has 0 atom stereocenters. The van der Waals surface area contributed by atoms with E-state index in [0.29, 0.717) is 0 Å². The molecule has 2 rings (SSSR count). The minimum Gasteiger partial charge on any atom is -1.00 e. The molecule has 0 radical (unpaired) electrons. The summed E-state index contributed by atoms with van der Waals surface area (Å²) in [6, 6.07) is 8.88. The van der Waals surface area contributed by atoms with Crippen LogP contribution in [0.5, 0.6) is 0 Å². The molecular formula is C18H25Cl3SiTi. The second-order valence-electron chi connectivity index (χ2n) is 7.17. The number of halogens is 3. The van der Waals surface area contributed by atoms with E-state index in [4.69, 9.17) is 0 Å². The maximum Gasteiger partial charge on any atom is 4.00 e. The summed E-state index contributed by atoms with van der Waals surface area (Å²) in [5.74, 6) is 0. The molecule has 126 valence electrons. The van der Waals surface area contributed by atoms with Crippen molar-refractivity contribution in [1.29, 1.82) is 0 Å². The van der Waals surface area contributed by atoms with Gasteiger partial charge in [0.25, 0.3) is 0 Å². The fourth-order valence-corrected chi connectivity index (χ4v) is 3.82. The molecule has 0 saturated heterocycles. The smallest absolute Gasteiger partial charge is 1.00 e. The van der Waals surface area contributed by atoms with E-state index in [1.54, 1.807) is 0 Å². The van der Waals surface area contributed by atoms with Crippen LogP contribution in [-0.2, 0) is 27.1 Å². The Hall–Kier alpha value is 0.501. The molecule has 1 aromatic carbocycles. The normalized spacial score (nSPS) is 13.5. The SMILES string of the molecule is Cc1cccc(C(C)(C)C2=[C-]C([Si](C)(C)C)=CC2)c1.[Cl-].[Cl-].[Cl-].[Ti+4]. The Morgan fingerprint density at radius 2 is 1.61 bits per heavy atom. The van der Waals surface area contributed by atoms with Gasteiger partial charge in [-0.2, -0.15) is 5.57 Å². The van der Waals surface area contributed by atoms with E-state index < -0.39 is 8.07 Å². The summed E-state index contributed by atoms with van der Waals surface area (Å²) in [5, 5.41) is 1.49. The van der Waals surface area contributed by atoms with E-state index in [9.17, 15) is 0 Å². The average Bonchev–Trinajstić information content (AvgIpc) is 2.78. The molecule has 0 saturated carbocycles. The molecule has 0 aromatic heterocycles. The molecule has 1 aliphatic carbocycles. The van der Waals surface area contributed by atoms with Crippen molar-refractivity contribution in [2.75, 3.05) is 0 Å². The first-order chi connectivity index (χ1) is 8.71. The van der Waals surface area contributed by atoms with Gasteiger partial charge in [0, 0.05) is 8.07 Å². The Bertz CT molecular complexity index is 558. The van der Waals surface area contributed by atoms with Crippen LogP contribution in [0.2, 0.25) is 19.6 Å². The Morgan fingerprint density at radius 3 is 2.04 bits per heavy atom. The van der Waals surface area contributed by atoms with Gasteiger partial charge >= 0.3 is 21.7 Å². The van der Waals surface area contributed by atoms with Crippen LogP contribution in [0.3, 0.4) is 0 Å². The zero-order valence-electron chi connectivity index (χ0n) is 14.7. The van der Waals surface area contributed by atoms with E-state index in [1.807, 2.05) is 0 Å². The maximum atomic E-state index is 3.73. The van der Waals surface area contributed by atoms with Crippen molar-refractivity contribution in [2.45, 2.75) is 52.2 Å². The van der Waals surface area contributed by atoms with Crippen LogP contribution >= 0.6 is 0 Å². The molecular weight excluding hydrogens is 399 g/mol. The number of hydrogen-bond donors (Lipinski definition) is 0. The van der Waals surface area contributed by atoms with E-state index >= 15 is 0 Å². The van der Waals surface area contributed by atoms with Gasteiger partial charge in [0.1, 0.15) is 0 Å². The monoisotopic (exact) mass is 422 g/mol.